The van der Waals surface area contributed by atoms with Crippen LogP contribution in [0.5, 0.6) is 5.75 Å². The second-order valence-corrected chi connectivity index (χ2v) is 8.55. The number of hydrogen-bond acceptors (Lipinski definition) is 6. The summed E-state index contributed by atoms with van der Waals surface area (Å²) in [5, 5.41) is 2.16. The first-order chi connectivity index (χ1) is 16.4. The predicted octanol–water partition coefficient (Wildman–Crippen LogP) is 5.44. The van der Waals surface area contributed by atoms with Gasteiger partial charge in [-0.05, 0) is 31.9 Å². The fourth-order valence-corrected chi connectivity index (χ4v) is 3.47. The monoisotopic (exact) mass is 498 g/mol. The summed E-state index contributed by atoms with van der Waals surface area (Å²) < 4.78 is 69.1. The maximum Gasteiger partial charge on any atom is 0.427 e. The van der Waals surface area contributed by atoms with E-state index < -0.39 is 35.8 Å². The van der Waals surface area contributed by atoms with E-state index in [1.54, 1.807) is 0 Å². The van der Waals surface area contributed by atoms with Crippen LogP contribution in [-0.4, -0.2) is 43.6 Å². The smallest absolute Gasteiger partial charge is 0.427 e. The molecule has 0 radical (unpaired) electrons. The van der Waals surface area contributed by atoms with Gasteiger partial charge in [0.05, 0.1) is 19.3 Å². The Hall–Kier alpha value is -3.50. The van der Waals surface area contributed by atoms with Crippen molar-refractivity contribution < 1.29 is 41.4 Å². The van der Waals surface area contributed by atoms with Crippen LogP contribution in [0.4, 0.5) is 33.7 Å². The van der Waals surface area contributed by atoms with Crippen LogP contribution in [-0.2, 0) is 20.8 Å². The van der Waals surface area contributed by atoms with E-state index in [-0.39, 0.29) is 24.3 Å². The van der Waals surface area contributed by atoms with Gasteiger partial charge in [-0.1, -0.05) is 30.3 Å². The highest BCUT2D eigenvalue weighted by Gasteiger charge is 2.51. The van der Waals surface area contributed by atoms with Gasteiger partial charge < -0.3 is 19.1 Å². The molecule has 0 aliphatic carbocycles. The minimum Gasteiger partial charge on any atom is -0.483 e. The molecule has 1 aliphatic heterocycles. The molecule has 2 aromatic carbocycles. The van der Waals surface area contributed by atoms with Crippen LogP contribution in [0.1, 0.15) is 32.3 Å². The zero-order chi connectivity index (χ0) is 25.8. The lowest BCUT2D eigenvalue weighted by Crippen LogP contribution is -2.44. The Morgan fingerprint density at radius 2 is 1.86 bits per heavy atom. The second kappa shape index (κ2) is 10.4. The number of carbonyl (C=O) groups is 2. The van der Waals surface area contributed by atoms with Gasteiger partial charge in [0.1, 0.15) is 6.10 Å². The van der Waals surface area contributed by atoms with E-state index in [0.717, 1.165) is 11.6 Å². The highest BCUT2D eigenvalue weighted by molar-refractivity contribution is 5.86. The Morgan fingerprint density at radius 1 is 1.17 bits per heavy atom. The minimum absolute atomic E-state index is 0.0811. The number of rotatable bonds is 7. The summed E-state index contributed by atoms with van der Waals surface area (Å²) in [6, 6.07) is 11.7. The number of nitrogens with zero attached hydrogens (tertiary/aromatic N) is 1. The number of methoxy groups -OCH3 is 1. The molecule has 0 bridgehead atoms. The van der Waals surface area contributed by atoms with E-state index in [9.17, 15) is 22.8 Å². The van der Waals surface area contributed by atoms with Crippen molar-refractivity contribution in [1.29, 1.82) is 0 Å². The van der Waals surface area contributed by atoms with Crippen LogP contribution in [0.3, 0.4) is 0 Å². The van der Waals surface area contributed by atoms with Crippen molar-refractivity contribution in [2.45, 2.75) is 51.1 Å². The van der Waals surface area contributed by atoms with Crippen molar-refractivity contribution in [2.24, 2.45) is 0 Å². The largest absolute Gasteiger partial charge is 0.483 e. The molecule has 0 unspecified atom stereocenters. The Bertz CT molecular complexity index is 1060. The number of nitrogens with one attached hydrogen (secondary N) is 1. The Balaban J connectivity index is 1.86. The Kier molecular flexibility index (Phi) is 7.76. The first-order valence-corrected chi connectivity index (χ1v) is 10.8. The lowest BCUT2D eigenvalue weighted by atomic mass is 10.1. The summed E-state index contributed by atoms with van der Waals surface area (Å²) in [4.78, 5) is 25.5. The number of benzene rings is 2. The molecule has 11 heteroatoms. The maximum atomic E-state index is 15.0. The number of alkyl halides is 3. The fourth-order valence-electron chi connectivity index (χ4n) is 3.47. The average molecular weight is 498 g/mol. The van der Waals surface area contributed by atoms with Crippen molar-refractivity contribution in [3.8, 4) is 5.75 Å². The standard InChI is InChI=1S/C24H26F4N2O5/c1-23(2,24(26,27)28)35-22(32)29-16-11-18(25)21-19(12-16)30(13-15-7-5-4-6-8-15)14-17(34-21)9-10-20(31)33-3/h4-8,11-12,17H,9-10,13-14H2,1-3H3,(H,29,32)/t17-/m0/s1. The third-order valence-electron chi connectivity index (χ3n) is 5.46. The molecule has 0 saturated carbocycles. The average Bonchev–Trinajstić information content (AvgIpc) is 2.77. The number of amides is 1. The van der Waals surface area contributed by atoms with Gasteiger partial charge in [0.2, 0.25) is 5.60 Å². The second-order valence-electron chi connectivity index (χ2n) is 8.55. The van der Waals surface area contributed by atoms with Gasteiger partial charge in [-0.3, -0.25) is 10.1 Å². The van der Waals surface area contributed by atoms with Crippen molar-refractivity contribution in [3.63, 3.8) is 0 Å². The molecule has 35 heavy (non-hydrogen) atoms. The molecule has 1 amide bonds. The topological polar surface area (TPSA) is 77.1 Å². The summed E-state index contributed by atoms with van der Waals surface area (Å²) in [7, 11) is 1.27. The molecule has 0 saturated heterocycles. The fraction of sp³-hybridized carbons (Fsp3) is 0.417. The number of ether oxygens (including phenoxy) is 3. The van der Waals surface area contributed by atoms with Crippen molar-refractivity contribution >= 4 is 23.4 Å². The summed E-state index contributed by atoms with van der Waals surface area (Å²) in [5.41, 5.74) is -1.62. The van der Waals surface area contributed by atoms with Gasteiger partial charge in [-0.2, -0.15) is 13.2 Å². The molecule has 1 atom stereocenters. The summed E-state index contributed by atoms with van der Waals surface area (Å²) >= 11 is 0. The molecule has 1 N–H and O–H groups in total. The lowest BCUT2D eigenvalue weighted by Gasteiger charge is -2.37. The Morgan fingerprint density at radius 3 is 2.49 bits per heavy atom. The molecular weight excluding hydrogens is 472 g/mol. The number of halogens is 4. The minimum atomic E-state index is -4.79. The first kappa shape index (κ1) is 26.1. The van der Waals surface area contributed by atoms with Crippen molar-refractivity contribution in [3.05, 3.63) is 53.8 Å². The van der Waals surface area contributed by atoms with E-state index in [0.29, 0.717) is 32.6 Å². The predicted molar refractivity (Wildman–Crippen MR) is 120 cm³/mol. The zero-order valence-corrected chi connectivity index (χ0v) is 19.4. The van der Waals surface area contributed by atoms with Crippen LogP contribution < -0.4 is 15.0 Å². The van der Waals surface area contributed by atoms with Gasteiger partial charge >= 0.3 is 18.2 Å². The number of anilines is 2. The highest BCUT2D eigenvalue weighted by Crippen LogP contribution is 2.40. The van der Waals surface area contributed by atoms with E-state index in [2.05, 4.69) is 14.8 Å². The van der Waals surface area contributed by atoms with Crippen molar-refractivity contribution in [1.82, 2.24) is 0 Å². The van der Waals surface area contributed by atoms with Gasteiger partial charge in [0.25, 0.3) is 0 Å². The molecule has 2 aromatic rings. The van der Waals surface area contributed by atoms with E-state index in [1.165, 1.54) is 13.2 Å². The van der Waals surface area contributed by atoms with Gasteiger partial charge in [0.15, 0.2) is 11.6 Å². The molecule has 7 nitrogen and oxygen atoms in total. The molecule has 1 heterocycles. The summed E-state index contributed by atoms with van der Waals surface area (Å²) in [6.45, 7) is 2.08. The zero-order valence-electron chi connectivity index (χ0n) is 19.4. The molecule has 0 spiro atoms. The third-order valence-corrected chi connectivity index (χ3v) is 5.46. The van der Waals surface area contributed by atoms with Crippen molar-refractivity contribution in [2.75, 3.05) is 23.9 Å². The van der Waals surface area contributed by atoms with Gasteiger partial charge in [-0.25, -0.2) is 9.18 Å². The van der Waals surface area contributed by atoms with Crippen LogP contribution in [0.15, 0.2) is 42.5 Å². The van der Waals surface area contributed by atoms with Crippen LogP contribution in [0.25, 0.3) is 0 Å². The quantitative estimate of drug-likeness (QED) is 0.405. The van der Waals surface area contributed by atoms with Crippen LogP contribution in [0.2, 0.25) is 0 Å². The molecule has 3 rings (SSSR count). The first-order valence-electron chi connectivity index (χ1n) is 10.8. The lowest BCUT2D eigenvalue weighted by molar-refractivity contribution is -0.242. The molecular formula is C24H26F4N2O5. The normalized spacial score (nSPS) is 15.6. The highest BCUT2D eigenvalue weighted by atomic mass is 19.4. The molecule has 0 fully saturated rings. The SMILES string of the molecule is COC(=O)CC[C@H]1CN(Cc2ccccc2)c2cc(NC(=O)OC(C)(C)C(F)(F)F)cc(F)c2O1. The number of hydrogen-bond donors (Lipinski definition) is 1. The number of carbonyl (C=O) groups excluding carboxylic acids is 2. The summed E-state index contributed by atoms with van der Waals surface area (Å²) in [5.74, 6) is -1.33. The molecule has 1 aliphatic rings. The Labute approximate surface area is 199 Å². The molecule has 0 aromatic heterocycles. The van der Waals surface area contributed by atoms with Crippen LogP contribution in [0, 0.1) is 5.82 Å². The van der Waals surface area contributed by atoms with Crippen LogP contribution >= 0.6 is 0 Å². The van der Waals surface area contributed by atoms with Gasteiger partial charge in [0, 0.05) is 24.7 Å². The number of esters is 1. The summed E-state index contributed by atoms with van der Waals surface area (Å²) in [6.07, 6.45) is -6.32. The third kappa shape index (κ3) is 6.55. The molecule has 190 valence electrons. The maximum absolute atomic E-state index is 15.0. The van der Waals surface area contributed by atoms with E-state index in [1.807, 2.05) is 35.2 Å². The van der Waals surface area contributed by atoms with E-state index >= 15 is 4.39 Å². The van der Waals surface area contributed by atoms with Gasteiger partial charge in [-0.15, -0.1) is 0 Å². The number of fused-ring (bicyclic) bond motifs is 1. The van der Waals surface area contributed by atoms with E-state index in [4.69, 9.17) is 4.74 Å².